The molecule has 0 heterocycles. The summed E-state index contributed by atoms with van der Waals surface area (Å²) < 4.78 is 37.4. The summed E-state index contributed by atoms with van der Waals surface area (Å²) in [6.45, 7) is 1.80. The molecule has 0 saturated carbocycles. The van der Waals surface area contributed by atoms with Gasteiger partial charge in [0, 0.05) is 12.7 Å². The van der Waals surface area contributed by atoms with Gasteiger partial charge in [0.05, 0.1) is 17.1 Å². The summed E-state index contributed by atoms with van der Waals surface area (Å²) in [6, 6.07) is 11.6. The van der Waals surface area contributed by atoms with Crippen LogP contribution in [0.3, 0.4) is 0 Å². The number of hydrogen-bond donors (Lipinski definition) is 2. The summed E-state index contributed by atoms with van der Waals surface area (Å²) >= 11 is 0. The van der Waals surface area contributed by atoms with Crippen LogP contribution in [-0.4, -0.2) is 40.6 Å². The van der Waals surface area contributed by atoms with Crippen molar-refractivity contribution in [3.8, 4) is 5.75 Å². The van der Waals surface area contributed by atoms with Gasteiger partial charge < -0.3 is 14.8 Å². The Morgan fingerprint density at radius 2 is 1.63 bits per heavy atom. The molecule has 2 aromatic rings. The van der Waals surface area contributed by atoms with Crippen molar-refractivity contribution in [2.45, 2.75) is 11.8 Å². The highest BCUT2D eigenvalue weighted by molar-refractivity contribution is 7.92. The molecule has 2 aromatic carbocycles. The maximum absolute atomic E-state index is 12.4. The van der Waals surface area contributed by atoms with Crippen molar-refractivity contribution in [3.63, 3.8) is 0 Å². The fraction of sp³-hybridized carbons (Fsp3) is 0.222. The topological polar surface area (TPSA) is 111 Å². The number of rotatable bonds is 8. The van der Waals surface area contributed by atoms with Crippen molar-refractivity contribution >= 4 is 27.6 Å². The van der Waals surface area contributed by atoms with Crippen LogP contribution in [-0.2, 0) is 19.6 Å². The molecule has 0 aromatic heterocycles. The number of likely N-dealkylation sites (N-methyl/N-ethyl adjacent to an activating group) is 1. The molecule has 0 aliphatic carbocycles. The van der Waals surface area contributed by atoms with Gasteiger partial charge in [0.2, 0.25) is 0 Å². The molecule has 8 nitrogen and oxygen atoms in total. The van der Waals surface area contributed by atoms with Crippen LogP contribution >= 0.6 is 0 Å². The van der Waals surface area contributed by atoms with Gasteiger partial charge in [0.15, 0.2) is 6.61 Å². The average Bonchev–Trinajstić information content (AvgIpc) is 2.67. The zero-order valence-electron chi connectivity index (χ0n) is 14.9. The van der Waals surface area contributed by atoms with E-state index in [0.29, 0.717) is 17.0 Å². The van der Waals surface area contributed by atoms with Crippen molar-refractivity contribution in [3.05, 3.63) is 54.1 Å². The molecule has 0 aliphatic rings. The molecule has 27 heavy (non-hydrogen) atoms. The molecule has 0 spiro atoms. The second-order valence-corrected chi connectivity index (χ2v) is 7.02. The molecule has 144 valence electrons. The Balaban J connectivity index is 2.05. The number of nitrogens with one attached hydrogen (secondary N) is 2. The van der Waals surface area contributed by atoms with E-state index in [1.165, 1.54) is 55.6 Å². The summed E-state index contributed by atoms with van der Waals surface area (Å²) in [5.74, 6) is -0.393. The third-order valence-electron chi connectivity index (χ3n) is 3.43. The van der Waals surface area contributed by atoms with Crippen molar-refractivity contribution in [2.75, 3.05) is 25.0 Å². The first-order chi connectivity index (χ1) is 12.9. The maximum atomic E-state index is 12.4. The molecule has 0 atom stereocenters. The third-order valence-corrected chi connectivity index (χ3v) is 4.83. The molecule has 0 radical (unpaired) electrons. The van der Waals surface area contributed by atoms with Gasteiger partial charge in [-0.25, -0.2) is 13.2 Å². The number of carbonyl (C=O) groups excluding carboxylic acids is 2. The van der Waals surface area contributed by atoms with Crippen LogP contribution in [0.25, 0.3) is 0 Å². The van der Waals surface area contributed by atoms with Crippen LogP contribution < -0.4 is 14.8 Å². The van der Waals surface area contributed by atoms with E-state index in [4.69, 9.17) is 9.47 Å². The van der Waals surface area contributed by atoms with E-state index in [1.807, 2.05) is 0 Å². The Hall–Kier alpha value is -3.07. The van der Waals surface area contributed by atoms with Crippen molar-refractivity contribution in [2.24, 2.45) is 0 Å². The Morgan fingerprint density at radius 3 is 2.19 bits per heavy atom. The number of sulfonamides is 1. The van der Waals surface area contributed by atoms with E-state index in [0.717, 1.165) is 0 Å². The highest BCUT2D eigenvalue weighted by atomic mass is 32.2. The quantitative estimate of drug-likeness (QED) is 0.663. The summed E-state index contributed by atoms with van der Waals surface area (Å²) in [5.41, 5.74) is 0.639. The van der Waals surface area contributed by atoms with Gasteiger partial charge in [-0.05, 0) is 55.5 Å². The van der Waals surface area contributed by atoms with Crippen LogP contribution in [0.15, 0.2) is 53.4 Å². The summed E-state index contributed by atoms with van der Waals surface area (Å²) in [6.07, 6.45) is 0. The number of anilines is 1. The Bertz CT molecular complexity index is 892. The van der Waals surface area contributed by atoms with Crippen molar-refractivity contribution in [1.29, 1.82) is 0 Å². The molecule has 9 heteroatoms. The largest absolute Gasteiger partial charge is 0.484 e. The maximum Gasteiger partial charge on any atom is 0.338 e. The highest BCUT2D eigenvalue weighted by Gasteiger charge is 2.15. The summed E-state index contributed by atoms with van der Waals surface area (Å²) in [4.78, 5) is 22.8. The van der Waals surface area contributed by atoms with Gasteiger partial charge >= 0.3 is 5.97 Å². The molecule has 0 bridgehead atoms. The fourth-order valence-electron chi connectivity index (χ4n) is 2.04. The van der Waals surface area contributed by atoms with Crippen LogP contribution in [0.1, 0.15) is 17.3 Å². The minimum Gasteiger partial charge on any atom is -0.484 e. The van der Waals surface area contributed by atoms with Crippen LogP contribution in [0.4, 0.5) is 5.69 Å². The van der Waals surface area contributed by atoms with Gasteiger partial charge in [-0.1, -0.05) is 0 Å². The van der Waals surface area contributed by atoms with Gasteiger partial charge in [-0.15, -0.1) is 0 Å². The van der Waals surface area contributed by atoms with Crippen molar-refractivity contribution < 1.29 is 27.5 Å². The van der Waals surface area contributed by atoms with E-state index in [2.05, 4.69) is 10.0 Å². The minimum atomic E-state index is -3.81. The monoisotopic (exact) mass is 392 g/mol. The lowest BCUT2D eigenvalue weighted by Crippen LogP contribution is -2.24. The van der Waals surface area contributed by atoms with Gasteiger partial charge in [0.1, 0.15) is 5.75 Å². The lowest BCUT2D eigenvalue weighted by Gasteiger charge is -2.10. The lowest BCUT2D eigenvalue weighted by atomic mass is 10.2. The number of carbonyl (C=O) groups is 2. The van der Waals surface area contributed by atoms with E-state index >= 15 is 0 Å². The molecule has 0 saturated heterocycles. The number of benzene rings is 2. The molecule has 2 N–H and O–H groups in total. The molecular weight excluding hydrogens is 372 g/mol. The van der Waals surface area contributed by atoms with Crippen molar-refractivity contribution in [1.82, 2.24) is 5.32 Å². The zero-order valence-corrected chi connectivity index (χ0v) is 15.7. The molecule has 1 amide bonds. The lowest BCUT2D eigenvalue weighted by molar-refractivity contribution is -0.122. The highest BCUT2D eigenvalue weighted by Crippen LogP contribution is 2.20. The smallest absolute Gasteiger partial charge is 0.338 e. The minimum absolute atomic E-state index is 0.0317. The van der Waals surface area contributed by atoms with E-state index in [1.54, 1.807) is 6.92 Å². The van der Waals surface area contributed by atoms with Crippen LogP contribution in [0.5, 0.6) is 5.75 Å². The second kappa shape index (κ2) is 9.04. The second-order valence-electron chi connectivity index (χ2n) is 5.34. The molecule has 0 unspecified atom stereocenters. The van der Waals surface area contributed by atoms with E-state index in [-0.39, 0.29) is 24.0 Å². The number of esters is 1. The van der Waals surface area contributed by atoms with Gasteiger partial charge in [0.25, 0.3) is 15.9 Å². The van der Waals surface area contributed by atoms with Crippen LogP contribution in [0, 0.1) is 0 Å². The van der Waals surface area contributed by atoms with Gasteiger partial charge in [-0.2, -0.15) is 0 Å². The zero-order chi connectivity index (χ0) is 19.9. The van der Waals surface area contributed by atoms with E-state index in [9.17, 15) is 18.0 Å². The normalized spacial score (nSPS) is 10.7. The predicted molar refractivity (Wildman–Crippen MR) is 99.2 cm³/mol. The predicted octanol–water partition coefficient (Wildman–Crippen LogP) is 1.79. The Labute approximate surface area is 157 Å². The summed E-state index contributed by atoms with van der Waals surface area (Å²) in [5, 5.41) is 2.42. The Kier molecular flexibility index (Phi) is 6.78. The number of hydrogen-bond acceptors (Lipinski definition) is 6. The fourth-order valence-corrected chi connectivity index (χ4v) is 3.10. The van der Waals surface area contributed by atoms with Gasteiger partial charge in [-0.3, -0.25) is 9.52 Å². The first kappa shape index (κ1) is 20.2. The first-order valence-electron chi connectivity index (χ1n) is 8.09. The molecule has 2 rings (SSSR count). The van der Waals surface area contributed by atoms with Crippen LogP contribution in [0.2, 0.25) is 0 Å². The third kappa shape index (κ3) is 5.71. The molecular formula is C18H20N2O6S. The summed E-state index contributed by atoms with van der Waals surface area (Å²) in [7, 11) is -2.32. The van der Waals surface area contributed by atoms with E-state index < -0.39 is 16.0 Å². The average molecular weight is 392 g/mol. The molecule has 0 aliphatic heterocycles. The number of ether oxygens (including phenoxy) is 2. The molecule has 0 fully saturated rings. The first-order valence-corrected chi connectivity index (χ1v) is 9.57. The SMILES string of the molecule is CCOC(=O)c1ccc(NS(=O)(=O)c2ccc(OCC(=O)NC)cc2)cc1. The standard InChI is InChI=1S/C18H20N2O6S/c1-3-25-18(22)13-4-6-14(7-5-13)20-27(23,24)16-10-8-15(9-11-16)26-12-17(21)19-2/h4-11,20H,3,12H2,1-2H3,(H,19,21). The Morgan fingerprint density at radius 1 is 1.00 bits per heavy atom. The number of amides is 1.